The maximum absolute atomic E-state index is 5.06. The van der Waals surface area contributed by atoms with Crippen molar-refractivity contribution in [1.82, 2.24) is 0 Å². The van der Waals surface area contributed by atoms with Crippen LogP contribution in [0.5, 0.6) is 5.75 Å². The zero-order valence-corrected chi connectivity index (χ0v) is 8.48. The Balaban J connectivity index is 2.90. The van der Waals surface area contributed by atoms with Gasteiger partial charge >= 0.3 is 81.1 Å². The van der Waals surface area contributed by atoms with E-state index in [1.54, 1.807) is 5.37 Å². The normalized spacial score (nSPS) is 8.70. The molecule has 0 fully saturated rings. The third-order valence-electron chi connectivity index (χ3n) is 1.13. The third kappa shape index (κ3) is 2.00. The van der Waals surface area contributed by atoms with Crippen molar-refractivity contribution < 1.29 is 28.0 Å². The van der Waals surface area contributed by atoms with Gasteiger partial charge < -0.3 is 0 Å². The SMILES string of the molecule is S=Cc1ccc([O][Zr])cc1. The van der Waals surface area contributed by atoms with E-state index in [9.17, 15) is 0 Å². The van der Waals surface area contributed by atoms with Gasteiger partial charge in [0.2, 0.25) is 0 Å². The molecule has 0 radical (unpaired) electrons. The van der Waals surface area contributed by atoms with E-state index in [-0.39, 0.29) is 0 Å². The molecular formula is C7H5OSZr. The first kappa shape index (κ1) is 8.09. The standard InChI is InChI=1S/C7H6OS.Zr/c8-7-3-1-6(5-9)2-4-7;/h1-5,8H;/q;+1/p-1. The van der Waals surface area contributed by atoms with E-state index in [0.29, 0.717) is 0 Å². The van der Waals surface area contributed by atoms with Gasteiger partial charge in [-0.05, 0) is 0 Å². The van der Waals surface area contributed by atoms with Crippen LogP contribution in [-0.4, -0.2) is 5.37 Å². The van der Waals surface area contributed by atoms with Crippen molar-refractivity contribution in [2.45, 2.75) is 0 Å². The van der Waals surface area contributed by atoms with Gasteiger partial charge in [0, 0.05) is 0 Å². The second kappa shape index (κ2) is 3.99. The number of hydrogen-bond acceptors (Lipinski definition) is 2. The van der Waals surface area contributed by atoms with Crippen LogP contribution >= 0.6 is 12.2 Å². The molecule has 0 aliphatic heterocycles. The number of benzene rings is 1. The minimum atomic E-state index is 0.902. The van der Waals surface area contributed by atoms with Gasteiger partial charge in [-0.25, -0.2) is 0 Å². The molecule has 0 atom stereocenters. The maximum atomic E-state index is 5.06. The monoisotopic (exact) mass is 227 g/mol. The summed E-state index contributed by atoms with van der Waals surface area (Å²) in [6, 6.07) is 7.69. The van der Waals surface area contributed by atoms with Crippen LogP contribution in [0, 0.1) is 0 Å². The topological polar surface area (TPSA) is 9.23 Å². The van der Waals surface area contributed by atoms with Gasteiger partial charge in [-0.2, -0.15) is 0 Å². The summed E-state index contributed by atoms with van der Waals surface area (Å²) in [5.74, 6) is 0.902. The Bertz CT molecular complexity index is 220. The first-order valence-corrected chi connectivity index (χ1v) is 4.23. The molecule has 0 unspecified atom stereocenters. The van der Waals surface area contributed by atoms with E-state index in [1.165, 1.54) is 0 Å². The van der Waals surface area contributed by atoms with Crippen molar-refractivity contribution >= 4 is 17.6 Å². The van der Waals surface area contributed by atoms with Gasteiger partial charge in [0.15, 0.2) is 0 Å². The Hall–Kier alpha value is -0.00688. The van der Waals surface area contributed by atoms with Gasteiger partial charge in [-0.1, -0.05) is 0 Å². The van der Waals surface area contributed by atoms with Crippen LogP contribution < -0.4 is 2.81 Å². The molecule has 0 saturated carbocycles. The molecule has 3 heteroatoms. The zero-order chi connectivity index (χ0) is 7.40. The number of hydrogen-bond donors (Lipinski definition) is 0. The summed E-state index contributed by atoms with van der Waals surface area (Å²) >= 11 is 5.80. The first-order valence-electron chi connectivity index (χ1n) is 2.75. The fraction of sp³-hybridized carbons (Fsp3) is 0. The van der Waals surface area contributed by atoms with Gasteiger partial charge in [0.1, 0.15) is 0 Å². The molecule has 0 saturated heterocycles. The summed E-state index contributed by atoms with van der Waals surface area (Å²) in [5, 5.41) is 1.65. The van der Waals surface area contributed by atoms with Crippen LogP contribution in [0.25, 0.3) is 0 Å². The van der Waals surface area contributed by atoms with E-state index >= 15 is 0 Å². The van der Waals surface area contributed by atoms with E-state index in [1.807, 2.05) is 24.3 Å². The summed E-state index contributed by atoms with van der Waals surface area (Å²) in [6.07, 6.45) is 0. The Labute approximate surface area is 80.9 Å². The van der Waals surface area contributed by atoms with Gasteiger partial charge in [0.25, 0.3) is 0 Å². The molecular weight excluding hydrogens is 223 g/mol. The Kier molecular flexibility index (Phi) is 3.23. The third-order valence-corrected chi connectivity index (χ3v) is 1.99. The molecule has 1 rings (SSSR count). The number of thiocarbonyl (C=S) groups is 1. The summed E-state index contributed by atoms with van der Waals surface area (Å²) in [6.45, 7) is 0. The molecule has 49 valence electrons. The van der Waals surface area contributed by atoms with Crippen molar-refractivity contribution in [3.63, 3.8) is 0 Å². The molecule has 0 bridgehead atoms. The molecule has 0 spiro atoms. The second-order valence-electron chi connectivity index (χ2n) is 1.79. The van der Waals surface area contributed by atoms with E-state index in [0.717, 1.165) is 36.5 Å². The van der Waals surface area contributed by atoms with Crippen molar-refractivity contribution in [2.75, 3.05) is 0 Å². The molecule has 1 aromatic carbocycles. The molecule has 0 N–H and O–H groups in total. The first-order chi connectivity index (χ1) is 4.86. The van der Waals surface area contributed by atoms with E-state index in [2.05, 4.69) is 0 Å². The van der Waals surface area contributed by atoms with Crippen LogP contribution in [0.4, 0.5) is 0 Å². The van der Waals surface area contributed by atoms with Gasteiger partial charge in [-0.3, -0.25) is 0 Å². The van der Waals surface area contributed by atoms with Crippen molar-refractivity contribution in [1.29, 1.82) is 0 Å². The van der Waals surface area contributed by atoms with Gasteiger partial charge in [0.05, 0.1) is 0 Å². The Morgan fingerprint density at radius 2 is 1.90 bits per heavy atom. The quantitative estimate of drug-likeness (QED) is 0.715. The molecule has 10 heavy (non-hydrogen) atoms. The van der Waals surface area contributed by atoms with Crippen molar-refractivity contribution in [2.24, 2.45) is 0 Å². The molecule has 0 heterocycles. The average Bonchev–Trinajstić information content (AvgIpc) is 2.05. The van der Waals surface area contributed by atoms with Crippen molar-refractivity contribution in [3.8, 4) is 5.75 Å². The van der Waals surface area contributed by atoms with E-state index in [4.69, 9.17) is 15.0 Å². The molecule has 1 nitrogen and oxygen atoms in total. The van der Waals surface area contributed by atoms with Gasteiger partial charge in [-0.15, -0.1) is 0 Å². The number of rotatable bonds is 2. The molecule has 0 amide bonds. The predicted molar refractivity (Wildman–Crippen MR) is 39.8 cm³/mol. The Morgan fingerprint density at radius 1 is 1.30 bits per heavy atom. The second-order valence-corrected chi connectivity index (χ2v) is 2.53. The zero-order valence-electron chi connectivity index (χ0n) is 5.20. The van der Waals surface area contributed by atoms with Crippen LogP contribution in [0.2, 0.25) is 0 Å². The minimum absolute atomic E-state index is 0.902. The van der Waals surface area contributed by atoms with E-state index < -0.39 is 0 Å². The fourth-order valence-electron chi connectivity index (χ4n) is 0.614. The summed E-state index contributed by atoms with van der Waals surface area (Å²) in [4.78, 5) is 0. The average molecular weight is 228 g/mol. The summed E-state index contributed by atoms with van der Waals surface area (Å²) in [7, 11) is 0. The van der Waals surface area contributed by atoms with Crippen LogP contribution in [0.1, 0.15) is 5.56 Å². The molecule has 1 aromatic rings. The molecule has 0 aliphatic carbocycles. The molecule has 0 aliphatic rings. The summed E-state index contributed by atoms with van der Waals surface area (Å²) < 4.78 is 5.06. The predicted octanol–water partition coefficient (Wildman–Crippen LogP) is 1.88. The fourth-order valence-corrected chi connectivity index (χ4v) is 1.11. The van der Waals surface area contributed by atoms with Crippen molar-refractivity contribution in [3.05, 3.63) is 29.8 Å². The summed E-state index contributed by atoms with van der Waals surface area (Å²) in [5.41, 5.74) is 1.05. The van der Waals surface area contributed by atoms with Crippen LogP contribution in [0.3, 0.4) is 0 Å². The Morgan fingerprint density at radius 3 is 2.30 bits per heavy atom. The van der Waals surface area contributed by atoms with Crippen LogP contribution in [0.15, 0.2) is 24.3 Å². The molecule has 0 aromatic heterocycles. The van der Waals surface area contributed by atoms with Crippen LogP contribution in [-0.2, 0) is 25.2 Å².